The molecule has 2 aromatic rings. The minimum absolute atomic E-state index is 0.0118. The summed E-state index contributed by atoms with van der Waals surface area (Å²) in [4.78, 5) is 12.0. The van der Waals surface area contributed by atoms with Gasteiger partial charge >= 0.3 is 0 Å². The van der Waals surface area contributed by atoms with E-state index in [4.69, 9.17) is 9.15 Å². The van der Waals surface area contributed by atoms with Crippen LogP contribution in [0.2, 0.25) is 0 Å². The van der Waals surface area contributed by atoms with Crippen LogP contribution in [-0.2, 0) is 27.5 Å². The van der Waals surface area contributed by atoms with Crippen LogP contribution in [0.1, 0.15) is 30.6 Å². The number of hydrogen-bond acceptors (Lipinski definition) is 5. The summed E-state index contributed by atoms with van der Waals surface area (Å²) in [6.07, 6.45) is 4.96. The molecule has 0 bridgehead atoms. The minimum Gasteiger partial charge on any atom is -0.484 e. The lowest BCUT2D eigenvalue weighted by Gasteiger charge is -2.11. The van der Waals surface area contributed by atoms with Gasteiger partial charge in [0.25, 0.3) is 5.91 Å². The number of sulfone groups is 1. The summed E-state index contributed by atoms with van der Waals surface area (Å²) in [5.74, 6) is 1.88. The molecule has 0 spiro atoms. The van der Waals surface area contributed by atoms with E-state index in [-0.39, 0.29) is 29.9 Å². The molecule has 6 nitrogen and oxygen atoms in total. The van der Waals surface area contributed by atoms with Gasteiger partial charge in [-0.1, -0.05) is 0 Å². The maximum atomic E-state index is 12.0. The molecule has 7 heteroatoms. The van der Waals surface area contributed by atoms with Gasteiger partial charge in [0.05, 0.1) is 11.5 Å². The van der Waals surface area contributed by atoms with Gasteiger partial charge in [-0.05, 0) is 49.8 Å². The number of carbonyl (C=O) groups is 1. The van der Waals surface area contributed by atoms with Crippen LogP contribution in [0.3, 0.4) is 0 Å². The van der Waals surface area contributed by atoms with Crippen molar-refractivity contribution < 1.29 is 22.4 Å². The molecule has 0 radical (unpaired) electrons. The molecule has 1 aliphatic heterocycles. The highest BCUT2D eigenvalue weighted by molar-refractivity contribution is 7.91. The fourth-order valence-electron chi connectivity index (χ4n) is 3.82. The highest BCUT2D eigenvalue weighted by Gasteiger charge is 2.27. The molecule has 1 saturated heterocycles. The van der Waals surface area contributed by atoms with Crippen LogP contribution >= 0.6 is 0 Å². The van der Waals surface area contributed by atoms with Crippen LogP contribution < -0.4 is 10.1 Å². The number of fused-ring (bicyclic) bond motifs is 3. The first-order valence-corrected chi connectivity index (χ1v) is 11.0. The molecule has 1 N–H and O–H groups in total. The number of amides is 1. The van der Waals surface area contributed by atoms with Crippen molar-refractivity contribution in [1.29, 1.82) is 0 Å². The van der Waals surface area contributed by atoms with Gasteiger partial charge in [0, 0.05) is 23.9 Å². The van der Waals surface area contributed by atoms with Crippen LogP contribution in [-0.4, -0.2) is 39.0 Å². The van der Waals surface area contributed by atoms with Crippen molar-refractivity contribution in [3.8, 4) is 5.75 Å². The number of ether oxygens (including phenoxy) is 1. The Kier molecular flexibility index (Phi) is 4.65. The van der Waals surface area contributed by atoms with E-state index in [2.05, 4.69) is 5.32 Å². The first kappa shape index (κ1) is 17.4. The number of rotatable bonds is 5. The Hall–Kier alpha value is -2.02. The smallest absolute Gasteiger partial charge is 0.257 e. The molecule has 1 fully saturated rings. The van der Waals surface area contributed by atoms with E-state index in [1.807, 2.05) is 18.2 Å². The molecule has 1 aliphatic carbocycles. The highest BCUT2D eigenvalue weighted by Crippen LogP contribution is 2.33. The first-order valence-electron chi connectivity index (χ1n) is 9.14. The van der Waals surface area contributed by atoms with E-state index >= 15 is 0 Å². The Balaban J connectivity index is 1.33. The number of aryl methyl sites for hydroxylation is 2. The molecule has 0 saturated carbocycles. The Morgan fingerprint density at radius 3 is 2.92 bits per heavy atom. The lowest BCUT2D eigenvalue weighted by molar-refractivity contribution is -0.123. The average Bonchev–Trinajstić information content (AvgIpc) is 3.17. The Morgan fingerprint density at radius 2 is 2.12 bits per heavy atom. The van der Waals surface area contributed by atoms with Crippen LogP contribution in [0, 0.1) is 5.92 Å². The number of hydrogen-bond donors (Lipinski definition) is 1. The Labute approximate surface area is 152 Å². The fraction of sp³-hybridized carbons (Fsp3) is 0.526. The second kappa shape index (κ2) is 6.95. The zero-order valence-electron chi connectivity index (χ0n) is 14.6. The zero-order chi connectivity index (χ0) is 18.1. The molecule has 1 unspecified atom stereocenters. The molecule has 4 rings (SSSR count). The third kappa shape index (κ3) is 3.72. The van der Waals surface area contributed by atoms with Gasteiger partial charge in [-0.15, -0.1) is 0 Å². The minimum atomic E-state index is -2.91. The topological polar surface area (TPSA) is 85.6 Å². The van der Waals surface area contributed by atoms with Gasteiger partial charge < -0.3 is 14.5 Å². The summed E-state index contributed by atoms with van der Waals surface area (Å²) < 4.78 is 34.4. The van der Waals surface area contributed by atoms with Gasteiger partial charge in [0.15, 0.2) is 16.4 Å². The van der Waals surface area contributed by atoms with E-state index in [1.165, 1.54) is 18.4 Å². The van der Waals surface area contributed by atoms with Gasteiger partial charge in [-0.25, -0.2) is 8.42 Å². The third-order valence-electron chi connectivity index (χ3n) is 5.21. The standard InChI is InChI=1S/C19H23NO5S/c21-19(20-10-13-7-8-26(22,23)12-13)11-24-14-5-6-18-16(9-14)15-3-1-2-4-17(15)25-18/h5-6,9,13H,1-4,7-8,10-12H2,(H,20,21). The largest absolute Gasteiger partial charge is 0.484 e. The maximum absolute atomic E-state index is 12.0. The van der Waals surface area contributed by atoms with Crippen molar-refractivity contribution >= 4 is 26.7 Å². The third-order valence-corrected chi connectivity index (χ3v) is 7.05. The number of nitrogens with one attached hydrogen (secondary N) is 1. The molecule has 26 heavy (non-hydrogen) atoms. The first-order chi connectivity index (χ1) is 12.5. The van der Waals surface area contributed by atoms with Gasteiger partial charge in [-0.2, -0.15) is 0 Å². The van der Waals surface area contributed by atoms with Crippen LogP contribution in [0.5, 0.6) is 5.75 Å². The molecule has 1 aromatic heterocycles. The summed E-state index contributed by atoms with van der Waals surface area (Å²) in [5.41, 5.74) is 2.14. The fourth-order valence-corrected chi connectivity index (χ4v) is 5.68. The quantitative estimate of drug-likeness (QED) is 0.864. The van der Waals surface area contributed by atoms with Crippen molar-refractivity contribution in [1.82, 2.24) is 5.32 Å². The maximum Gasteiger partial charge on any atom is 0.257 e. The summed E-state index contributed by atoms with van der Waals surface area (Å²) in [7, 11) is -2.91. The summed E-state index contributed by atoms with van der Waals surface area (Å²) >= 11 is 0. The van der Waals surface area contributed by atoms with Crippen molar-refractivity contribution in [2.24, 2.45) is 5.92 Å². The Bertz CT molecular complexity index is 931. The van der Waals surface area contributed by atoms with E-state index in [0.717, 1.165) is 29.6 Å². The summed E-state index contributed by atoms with van der Waals surface area (Å²) in [5, 5.41) is 3.85. The Morgan fingerprint density at radius 1 is 1.27 bits per heavy atom. The predicted octanol–water partition coefficient (Wildman–Crippen LogP) is 2.24. The van der Waals surface area contributed by atoms with Crippen molar-refractivity contribution in [3.05, 3.63) is 29.5 Å². The average molecular weight is 377 g/mol. The lowest BCUT2D eigenvalue weighted by atomic mass is 9.96. The molecule has 2 aliphatic rings. The summed E-state index contributed by atoms with van der Waals surface area (Å²) in [6.45, 7) is 0.306. The van der Waals surface area contributed by atoms with E-state index < -0.39 is 9.84 Å². The number of furan rings is 1. The molecule has 1 atom stereocenters. The normalized spacial score (nSPS) is 21.5. The molecule has 140 valence electrons. The molecule has 2 heterocycles. The van der Waals surface area contributed by atoms with E-state index in [9.17, 15) is 13.2 Å². The molecule has 1 aromatic carbocycles. The SMILES string of the molecule is O=C(COc1ccc2oc3c(c2c1)CCCC3)NCC1CCS(=O)(=O)C1. The second-order valence-electron chi connectivity index (χ2n) is 7.23. The van der Waals surface area contributed by atoms with Gasteiger partial charge in [0.1, 0.15) is 17.1 Å². The lowest BCUT2D eigenvalue weighted by Crippen LogP contribution is -2.33. The van der Waals surface area contributed by atoms with Gasteiger partial charge in [-0.3, -0.25) is 4.79 Å². The predicted molar refractivity (Wildman–Crippen MR) is 98.1 cm³/mol. The van der Waals surface area contributed by atoms with Crippen molar-refractivity contribution in [2.45, 2.75) is 32.1 Å². The molecular weight excluding hydrogens is 354 g/mol. The summed E-state index contributed by atoms with van der Waals surface area (Å²) in [6, 6.07) is 5.65. The van der Waals surface area contributed by atoms with Gasteiger partial charge in [0.2, 0.25) is 0 Å². The van der Waals surface area contributed by atoms with Crippen LogP contribution in [0.25, 0.3) is 11.0 Å². The zero-order valence-corrected chi connectivity index (χ0v) is 15.4. The van der Waals surface area contributed by atoms with Crippen LogP contribution in [0.4, 0.5) is 0 Å². The van der Waals surface area contributed by atoms with E-state index in [0.29, 0.717) is 18.7 Å². The van der Waals surface area contributed by atoms with Crippen molar-refractivity contribution in [3.63, 3.8) is 0 Å². The molecular formula is C19H23NO5S. The monoisotopic (exact) mass is 377 g/mol. The van der Waals surface area contributed by atoms with Crippen LogP contribution in [0.15, 0.2) is 22.6 Å². The second-order valence-corrected chi connectivity index (χ2v) is 9.46. The number of carbonyl (C=O) groups excluding carboxylic acids is 1. The number of benzene rings is 1. The molecule has 1 amide bonds. The van der Waals surface area contributed by atoms with E-state index in [1.54, 1.807) is 0 Å². The van der Waals surface area contributed by atoms with Crippen molar-refractivity contribution in [2.75, 3.05) is 24.7 Å². The highest BCUT2D eigenvalue weighted by atomic mass is 32.2.